The number of hydrogen-bond donors (Lipinski definition) is 0. The molecule has 1 aliphatic heterocycles. The number of carbonyl (C=O) groups is 1. The molecule has 0 unspecified atom stereocenters. The Labute approximate surface area is 132 Å². The number of aryl methyl sites for hydroxylation is 1. The van der Waals surface area contributed by atoms with Crippen LogP contribution in [-0.4, -0.2) is 12.4 Å². The maximum atomic E-state index is 12.2. The van der Waals surface area contributed by atoms with Crippen molar-refractivity contribution in [2.24, 2.45) is 0 Å². The molecule has 0 aromatic heterocycles. The van der Waals surface area contributed by atoms with Crippen molar-refractivity contribution in [1.82, 2.24) is 0 Å². The number of ketones is 1. The quantitative estimate of drug-likeness (QED) is 0.593. The summed E-state index contributed by atoms with van der Waals surface area (Å²) in [6.07, 6.45) is 2.32. The lowest BCUT2D eigenvalue weighted by atomic mass is 10.0. The average Bonchev–Trinajstić information content (AvgIpc) is 2.92. The van der Waals surface area contributed by atoms with Crippen LogP contribution in [-0.2, 0) is 12.8 Å². The molecular formula is C17H15IO2. The Balaban J connectivity index is 1.66. The van der Waals surface area contributed by atoms with Crippen LogP contribution >= 0.6 is 22.6 Å². The summed E-state index contributed by atoms with van der Waals surface area (Å²) < 4.78 is 6.59. The summed E-state index contributed by atoms with van der Waals surface area (Å²) in [5, 5.41) is 0. The van der Waals surface area contributed by atoms with Crippen molar-refractivity contribution in [3.63, 3.8) is 0 Å². The lowest BCUT2D eigenvalue weighted by Crippen LogP contribution is -2.01. The number of carbonyl (C=O) groups excluding carboxylic acids is 1. The minimum Gasteiger partial charge on any atom is -0.493 e. The molecule has 2 nitrogen and oxygen atoms in total. The molecule has 0 saturated heterocycles. The Morgan fingerprint density at radius 1 is 1.20 bits per heavy atom. The normalized spacial score (nSPS) is 12.8. The van der Waals surface area contributed by atoms with Gasteiger partial charge in [-0.05, 0) is 58.3 Å². The van der Waals surface area contributed by atoms with Crippen molar-refractivity contribution in [2.75, 3.05) is 6.61 Å². The van der Waals surface area contributed by atoms with Gasteiger partial charge in [0.2, 0.25) is 0 Å². The van der Waals surface area contributed by atoms with E-state index >= 15 is 0 Å². The lowest BCUT2D eigenvalue weighted by Gasteiger charge is -2.05. The predicted molar refractivity (Wildman–Crippen MR) is 87.5 cm³/mol. The summed E-state index contributed by atoms with van der Waals surface area (Å²) in [5.74, 6) is 1.21. The first-order chi connectivity index (χ1) is 9.72. The molecule has 0 bridgehead atoms. The first kappa shape index (κ1) is 13.6. The summed E-state index contributed by atoms with van der Waals surface area (Å²) in [4.78, 5) is 12.2. The van der Waals surface area contributed by atoms with Crippen LogP contribution in [0.15, 0.2) is 42.5 Å². The van der Waals surface area contributed by atoms with Crippen LogP contribution in [0, 0.1) is 3.57 Å². The van der Waals surface area contributed by atoms with E-state index in [-0.39, 0.29) is 5.78 Å². The highest BCUT2D eigenvalue weighted by Gasteiger charge is 2.13. The third kappa shape index (κ3) is 3.03. The monoisotopic (exact) mass is 378 g/mol. The van der Waals surface area contributed by atoms with Crippen molar-refractivity contribution >= 4 is 28.4 Å². The molecule has 0 atom stereocenters. The van der Waals surface area contributed by atoms with Crippen LogP contribution in [0.1, 0.15) is 27.9 Å². The van der Waals surface area contributed by atoms with Crippen molar-refractivity contribution < 1.29 is 9.53 Å². The largest absolute Gasteiger partial charge is 0.493 e. The summed E-state index contributed by atoms with van der Waals surface area (Å²) in [6.45, 7) is 0.778. The van der Waals surface area contributed by atoms with Gasteiger partial charge in [0.1, 0.15) is 5.75 Å². The zero-order chi connectivity index (χ0) is 13.9. The highest BCUT2D eigenvalue weighted by Crippen LogP contribution is 2.26. The van der Waals surface area contributed by atoms with Crippen molar-refractivity contribution in [1.29, 1.82) is 0 Å². The van der Waals surface area contributed by atoms with Gasteiger partial charge < -0.3 is 4.74 Å². The fraction of sp³-hybridized carbons (Fsp3) is 0.235. The molecule has 2 aromatic carbocycles. The Kier molecular flexibility index (Phi) is 4.05. The molecule has 0 radical (unpaired) electrons. The van der Waals surface area contributed by atoms with E-state index in [4.69, 9.17) is 4.74 Å². The van der Waals surface area contributed by atoms with Gasteiger partial charge in [-0.1, -0.05) is 24.3 Å². The Hall–Kier alpha value is -1.36. The maximum absolute atomic E-state index is 12.2. The summed E-state index contributed by atoms with van der Waals surface area (Å²) in [6, 6.07) is 14.0. The van der Waals surface area contributed by atoms with Crippen LogP contribution in [0.2, 0.25) is 0 Å². The van der Waals surface area contributed by atoms with Gasteiger partial charge in [-0.2, -0.15) is 0 Å². The van der Waals surface area contributed by atoms with Crippen molar-refractivity contribution in [3.8, 4) is 5.75 Å². The molecule has 0 fully saturated rings. The standard InChI is InChI=1S/C17H15IO2/c18-15-3-1-2-13(11-15)16(19)6-4-12-5-7-17-14(10-12)8-9-20-17/h1-3,5,7,10-11H,4,6,8-9H2. The van der Waals surface area contributed by atoms with E-state index < -0.39 is 0 Å². The number of Topliss-reactive ketones (excluding diaryl/α,β-unsaturated/α-hetero) is 1. The van der Waals surface area contributed by atoms with E-state index in [2.05, 4.69) is 34.7 Å². The second kappa shape index (κ2) is 5.95. The van der Waals surface area contributed by atoms with Gasteiger partial charge in [-0.25, -0.2) is 0 Å². The first-order valence-corrected chi connectivity index (χ1v) is 7.83. The second-order valence-electron chi connectivity index (χ2n) is 4.97. The number of halogens is 1. The van der Waals surface area contributed by atoms with Crippen LogP contribution in [0.5, 0.6) is 5.75 Å². The molecule has 0 aliphatic carbocycles. The molecule has 0 saturated carbocycles. The number of benzene rings is 2. The Bertz CT molecular complexity index is 649. The van der Waals surface area contributed by atoms with Gasteiger partial charge >= 0.3 is 0 Å². The van der Waals surface area contributed by atoms with Crippen molar-refractivity contribution in [2.45, 2.75) is 19.3 Å². The summed E-state index contributed by atoms with van der Waals surface area (Å²) >= 11 is 2.23. The van der Waals surface area contributed by atoms with Gasteiger partial charge in [-0.3, -0.25) is 4.79 Å². The van der Waals surface area contributed by atoms with E-state index in [1.54, 1.807) is 0 Å². The van der Waals surface area contributed by atoms with E-state index in [0.29, 0.717) is 6.42 Å². The molecule has 1 heterocycles. The minimum atomic E-state index is 0.209. The fourth-order valence-corrected chi connectivity index (χ4v) is 3.00. The second-order valence-corrected chi connectivity index (χ2v) is 6.22. The Morgan fingerprint density at radius 2 is 2.10 bits per heavy atom. The molecule has 102 valence electrons. The van der Waals surface area contributed by atoms with E-state index in [1.165, 1.54) is 11.1 Å². The fourth-order valence-electron chi connectivity index (χ4n) is 2.46. The van der Waals surface area contributed by atoms with Gasteiger partial charge in [0, 0.05) is 22.0 Å². The topological polar surface area (TPSA) is 26.3 Å². The SMILES string of the molecule is O=C(CCc1ccc2c(c1)CCO2)c1cccc(I)c1. The van der Waals surface area contributed by atoms with Gasteiger partial charge in [-0.15, -0.1) is 0 Å². The third-order valence-electron chi connectivity index (χ3n) is 3.54. The maximum Gasteiger partial charge on any atom is 0.163 e. The van der Waals surface area contributed by atoms with Crippen molar-refractivity contribution in [3.05, 3.63) is 62.7 Å². The lowest BCUT2D eigenvalue weighted by molar-refractivity contribution is 0.0983. The number of hydrogen-bond acceptors (Lipinski definition) is 2. The van der Waals surface area contributed by atoms with Crippen LogP contribution in [0.4, 0.5) is 0 Å². The summed E-state index contributed by atoms with van der Waals surface area (Å²) in [5.41, 5.74) is 3.29. The summed E-state index contributed by atoms with van der Waals surface area (Å²) in [7, 11) is 0. The van der Waals surface area contributed by atoms with E-state index in [0.717, 1.165) is 34.3 Å². The molecule has 3 rings (SSSR count). The molecule has 3 heteroatoms. The molecular weight excluding hydrogens is 363 g/mol. The van der Waals surface area contributed by atoms with Crippen LogP contribution in [0.3, 0.4) is 0 Å². The minimum absolute atomic E-state index is 0.209. The van der Waals surface area contributed by atoms with E-state index in [1.807, 2.05) is 30.3 Å². The highest BCUT2D eigenvalue weighted by molar-refractivity contribution is 14.1. The van der Waals surface area contributed by atoms with Crippen LogP contribution < -0.4 is 4.74 Å². The average molecular weight is 378 g/mol. The number of ether oxygens (including phenoxy) is 1. The molecule has 0 spiro atoms. The molecule has 2 aromatic rings. The molecule has 0 amide bonds. The van der Waals surface area contributed by atoms with Crippen LogP contribution in [0.25, 0.3) is 0 Å². The van der Waals surface area contributed by atoms with Gasteiger partial charge in [0.25, 0.3) is 0 Å². The van der Waals surface area contributed by atoms with Gasteiger partial charge in [0.05, 0.1) is 6.61 Å². The van der Waals surface area contributed by atoms with Gasteiger partial charge in [0.15, 0.2) is 5.78 Å². The number of fused-ring (bicyclic) bond motifs is 1. The predicted octanol–water partition coefficient (Wildman–Crippen LogP) is 4.04. The third-order valence-corrected chi connectivity index (χ3v) is 4.21. The molecule has 1 aliphatic rings. The zero-order valence-corrected chi connectivity index (χ0v) is 13.2. The zero-order valence-electron chi connectivity index (χ0n) is 11.1. The smallest absolute Gasteiger partial charge is 0.163 e. The number of rotatable bonds is 4. The molecule has 20 heavy (non-hydrogen) atoms. The highest BCUT2D eigenvalue weighted by atomic mass is 127. The van der Waals surface area contributed by atoms with E-state index in [9.17, 15) is 4.79 Å². The first-order valence-electron chi connectivity index (χ1n) is 6.76. The molecule has 0 N–H and O–H groups in total. The Morgan fingerprint density at radius 3 is 2.95 bits per heavy atom.